The number of hydrogen-bond donors (Lipinski definition) is 1. The van der Waals surface area contributed by atoms with Crippen molar-refractivity contribution in [3.05, 3.63) is 28.8 Å². The Balaban J connectivity index is 2.36. The first-order valence-electron chi connectivity index (χ1n) is 5.70. The number of aromatic nitrogens is 1. The second kappa shape index (κ2) is 4.78. The fraction of sp³-hybridized carbons (Fsp3) is 0.231. The molecule has 1 aliphatic heterocycles. The molecule has 2 aromatic rings. The number of thioether (sulfide) groups is 1. The van der Waals surface area contributed by atoms with Gasteiger partial charge in [-0.1, -0.05) is 11.6 Å². The van der Waals surface area contributed by atoms with E-state index in [1.54, 1.807) is 11.8 Å². The van der Waals surface area contributed by atoms with Crippen LogP contribution < -0.4 is 5.32 Å². The number of fused-ring (bicyclic) bond motifs is 3. The molecule has 1 aromatic carbocycles. The first-order valence-corrected chi connectivity index (χ1v) is 7.31. The molecule has 0 amide bonds. The van der Waals surface area contributed by atoms with Crippen LogP contribution in [0.5, 0.6) is 0 Å². The minimum Gasteiger partial charge on any atom is -0.382 e. The standard InChI is InChI=1S/C13H12ClN3S/c1-18-13-10-7-15-4-5-16-12(10)9-3-2-8(14)6-11(9)17-13/h2-3,6-7,16H,4-5H2,1H3. The molecule has 0 bridgehead atoms. The van der Waals surface area contributed by atoms with E-state index in [0.717, 1.165) is 40.3 Å². The monoisotopic (exact) mass is 277 g/mol. The molecule has 18 heavy (non-hydrogen) atoms. The van der Waals surface area contributed by atoms with E-state index in [2.05, 4.69) is 15.3 Å². The molecule has 0 radical (unpaired) electrons. The minimum atomic E-state index is 0.712. The molecule has 0 fully saturated rings. The molecule has 0 saturated carbocycles. The van der Waals surface area contributed by atoms with Crippen LogP contribution in [0.1, 0.15) is 5.56 Å². The molecule has 0 atom stereocenters. The van der Waals surface area contributed by atoms with Crippen molar-refractivity contribution in [1.82, 2.24) is 4.98 Å². The lowest BCUT2D eigenvalue weighted by Gasteiger charge is -2.13. The summed E-state index contributed by atoms with van der Waals surface area (Å²) < 4.78 is 0. The molecule has 92 valence electrons. The largest absolute Gasteiger partial charge is 0.382 e. The summed E-state index contributed by atoms with van der Waals surface area (Å²) in [5, 5.41) is 6.24. The Labute approximate surface area is 115 Å². The highest BCUT2D eigenvalue weighted by Crippen LogP contribution is 2.33. The summed E-state index contributed by atoms with van der Waals surface area (Å²) in [7, 11) is 0. The number of benzene rings is 1. The summed E-state index contributed by atoms with van der Waals surface area (Å²) in [5.41, 5.74) is 3.12. The molecular formula is C13H12ClN3S. The van der Waals surface area contributed by atoms with Crippen molar-refractivity contribution in [2.45, 2.75) is 5.03 Å². The molecule has 0 unspecified atom stereocenters. The van der Waals surface area contributed by atoms with E-state index in [0.29, 0.717) is 5.02 Å². The number of anilines is 1. The molecule has 1 aromatic heterocycles. The van der Waals surface area contributed by atoms with E-state index in [-0.39, 0.29) is 0 Å². The Morgan fingerprint density at radius 1 is 1.39 bits per heavy atom. The normalized spacial score (nSPS) is 14.1. The van der Waals surface area contributed by atoms with Crippen molar-refractivity contribution in [2.24, 2.45) is 4.99 Å². The lowest BCUT2D eigenvalue weighted by Crippen LogP contribution is -2.05. The van der Waals surface area contributed by atoms with E-state index in [1.807, 2.05) is 30.7 Å². The average Bonchev–Trinajstić information content (AvgIpc) is 2.63. The SMILES string of the molecule is CSc1nc2cc(Cl)ccc2c2c1C=NCCN2. The summed E-state index contributed by atoms with van der Waals surface area (Å²) >= 11 is 7.66. The summed E-state index contributed by atoms with van der Waals surface area (Å²) in [6.07, 6.45) is 3.94. The molecule has 0 aliphatic carbocycles. The van der Waals surface area contributed by atoms with Crippen molar-refractivity contribution in [3.8, 4) is 0 Å². The fourth-order valence-electron chi connectivity index (χ4n) is 2.10. The summed E-state index contributed by atoms with van der Waals surface area (Å²) in [4.78, 5) is 9.04. The molecule has 0 saturated heterocycles. The van der Waals surface area contributed by atoms with Gasteiger partial charge < -0.3 is 5.32 Å². The van der Waals surface area contributed by atoms with Gasteiger partial charge in [-0.2, -0.15) is 0 Å². The molecule has 3 nitrogen and oxygen atoms in total. The van der Waals surface area contributed by atoms with Crippen LogP contribution in [-0.2, 0) is 0 Å². The van der Waals surface area contributed by atoms with Gasteiger partial charge in [0.1, 0.15) is 5.03 Å². The first-order chi connectivity index (χ1) is 8.79. The highest BCUT2D eigenvalue weighted by atomic mass is 35.5. The van der Waals surface area contributed by atoms with Crippen LogP contribution in [0.4, 0.5) is 5.69 Å². The summed E-state index contributed by atoms with van der Waals surface area (Å²) in [5.74, 6) is 0. The van der Waals surface area contributed by atoms with Gasteiger partial charge in [0.15, 0.2) is 0 Å². The smallest absolute Gasteiger partial charge is 0.107 e. The zero-order valence-corrected chi connectivity index (χ0v) is 11.5. The summed E-state index contributed by atoms with van der Waals surface area (Å²) in [6, 6.07) is 5.81. The number of nitrogens with zero attached hydrogens (tertiary/aromatic N) is 2. The maximum atomic E-state index is 6.04. The van der Waals surface area contributed by atoms with E-state index in [9.17, 15) is 0 Å². The van der Waals surface area contributed by atoms with Crippen LogP contribution in [0.3, 0.4) is 0 Å². The van der Waals surface area contributed by atoms with Crippen molar-refractivity contribution < 1.29 is 0 Å². The molecule has 5 heteroatoms. The van der Waals surface area contributed by atoms with Crippen LogP contribution >= 0.6 is 23.4 Å². The van der Waals surface area contributed by atoms with E-state index < -0.39 is 0 Å². The van der Waals surface area contributed by atoms with Gasteiger partial charge in [0.25, 0.3) is 0 Å². The molecular weight excluding hydrogens is 266 g/mol. The fourth-order valence-corrected chi connectivity index (χ4v) is 2.83. The van der Waals surface area contributed by atoms with Gasteiger partial charge in [0, 0.05) is 28.7 Å². The first kappa shape index (κ1) is 11.8. The van der Waals surface area contributed by atoms with Gasteiger partial charge in [0.2, 0.25) is 0 Å². The second-order valence-corrected chi connectivity index (χ2v) is 5.26. The highest BCUT2D eigenvalue weighted by Gasteiger charge is 2.14. The van der Waals surface area contributed by atoms with Crippen molar-refractivity contribution in [3.63, 3.8) is 0 Å². The Morgan fingerprint density at radius 3 is 3.11 bits per heavy atom. The van der Waals surface area contributed by atoms with Crippen LogP contribution in [0.2, 0.25) is 5.02 Å². The number of halogens is 1. The van der Waals surface area contributed by atoms with Crippen LogP contribution in [0.25, 0.3) is 10.9 Å². The minimum absolute atomic E-state index is 0.712. The lowest BCUT2D eigenvalue weighted by atomic mass is 10.1. The van der Waals surface area contributed by atoms with Crippen LogP contribution in [0, 0.1) is 0 Å². The predicted molar refractivity (Wildman–Crippen MR) is 79.5 cm³/mol. The number of nitrogens with one attached hydrogen (secondary N) is 1. The van der Waals surface area contributed by atoms with Gasteiger partial charge in [-0.05, 0) is 24.5 Å². The Kier molecular flexibility index (Phi) is 3.14. The molecule has 2 heterocycles. The maximum Gasteiger partial charge on any atom is 0.107 e. The van der Waals surface area contributed by atoms with Gasteiger partial charge in [0.05, 0.1) is 17.7 Å². The maximum absolute atomic E-state index is 6.04. The molecule has 3 rings (SSSR count). The lowest BCUT2D eigenvalue weighted by molar-refractivity contribution is 1.04. The van der Waals surface area contributed by atoms with Crippen molar-refractivity contribution >= 4 is 46.2 Å². The Hall–Kier alpha value is -1.26. The van der Waals surface area contributed by atoms with Crippen LogP contribution in [0.15, 0.2) is 28.2 Å². The van der Waals surface area contributed by atoms with Gasteiger partial charge in [-0.15, -0.1) is 11.8 Å². The highest BCUT2D eigenvalue weighted by molar-refractivity contribution is 7.98. The number of hydrogen-bond acceptors (Lipinski definition) is 4. The van der Waals surface area contributed by atoms with E-state index in [4.69, 9.17) is 11.6 Å². The molecule has 1 aliphatic rings. The van der Waals surface area contributed by atoms with Gasteiger partial charge in [-0.3, -0.25) is 4.99 Å². The third kappa shape index (κ3) is 1.95. The number of aliphatic imine (C=N–C) groups is 1. The van der Waals surface area contributed by atoms with Crippen molar-refractivity contribution in [2.75, 3.05) is 24.7 Å². The average molecular weight is 278 g/mol. The number of rotatable bonds is 1. The third-order valence-electron chi connectivity index (χ3n) is 2.91. The topological polar surface area (TPSA) is 37.3 Å². The zero-order valence-electron chi connectivity index (χ0n) is 9.90. The quantitative estimate of drug-likeness (QED) is 0.811. The Bertz CT molecular complexity index is 640. The van der Waals surface area contributed by atoms with Crippen molar-refractivity contribution in [1.29, 1.82) is 0 Å². The van der Waals surface area contributed by atoms with Gasteiger partial charge >= 0.3 is 0 Å². The molecule has 1 N–H and O–H groups in total. The second-order valence-electron chi connectivity index (χ2n) is 4.03. The number of pyridine rings is 1. The van der Waals surface area contributed by atoms with Gasteiger partial charge in [-0.25, -0.2) is 4.98 Å². The predicted octanol–water partition coefficient (Wildman–Crippen LogP) is 3.45. The van der Waals surface area contributed by atoms with Crippen LogP contribution in [-0.4, -0.2) is 30.5 Å². The Morgan fingerprint density at radius 2 is 2.28 bits per heavy atom. The zero-order chi connectivity index (χ0) is 12.5. The third-order valence-corrected chi connectivity index (χ3v) is 3.84. The van der Waals surface area contributed by atoms with E-state index >= 15 is 0 Å². The van der Waals surface area contributed by atoms with E-state index in [1.165, 1.54) is 0 Å². The summed E-state index contributed by atoms with van der Waals surface area (Å²) in [6.45, 7) is 1.64. The molecule has 0 spiro atoms.